The van der Waals surface area contributed by atoms with Gasteiger partial charge in [-0.05, 0) is 55.7 Å². The highest BCUT2D eigenvalue weighted by Gasteiger charge is 2.72. The van der Waals surface area contributed by atoms with Gasteiger partial charge < -0.3 is 20.4 Å². The van der Waals surface area contributed by atoms with Gasteiger partial charge in [0.1, 0.15) is 22.8 Å². The van der Waals surface area contributed by atoms with Crippen molar-refractivity contribution in [3.63, 3.8) is 0 Å². The van der Waals surface area contributed by atoms with Gasteiger partial charge in [-0.2, -0.15) is 0 Å². The molecule has 4 N–H and O–H groups in total. The fraction of sp³-hybridized carbons (Fsp3) is 0.516. The van der Waals surface area contributed by atoms with Crippen LogP contribution < -0.4 is 0 Å². The number of fused-ring (bicyclic) bond motifs is 3. The van der Waals surface area contributed by atoms with E-state index >= 15 is 0 Å². The molecular weight excluding hydrogens is 484 g/mol. The van der Waals surface area contributed by atoms with Crippen LogP contribution in [0.4, 0.5) is 0 Å². The average molecular weight is 521 g/mol. The molecule has 3 aliphatic rings. The minimum Gasteiger partial charge on any atom is -0.508 e. The van der Waals surface area contributed by atoms with Crippen molar-refractivity contribution in [1.82, 2.24) is 0 Å². The van der Waals surface area contributed by atoms with Crippen LogP contribution in [-0.4, -0.2) is 43.4 Å². The summed E-state index contributed by atoms with van der Waals surface area (Å²) in [5.74, 6) is 0.299. The Morgan fingerprint density at radius 3 is 2.21 bits per heavy atom. The van der Waals surface area contributed by atoms with Gasteiger partial charge in [0.2, 0.25) is 5.78 Å². The van der Waals surface area contributed by atoms with E-state index in [1.807, 2.05) is 13.8 Å². The number of benzene rings is 1. The SMILES string of the molecule is CC#Cc1cc(C(C)C)c2c(c1O)C(O)=C1C(=O)[C@@]3(O)C(O)=C(C(C)=O)C(=O)C(C(C)C)[C@@]3(C)C[C@@]1(C)C2. The van der Waals surface area contributed by atoms with Crippen molar-refractivity contribution in [3.8, 4) is 17.6 Å². The summed E-state index contributed by atoms with van der Waals surface area (Å²) in [5.41, 5.74) is -3.90. The molecule has 0 radical (unpaired) electrons. The lowest BCUT2D eigenvalue weighted by Gasteiger charge is -2.59. The van der Waals surface area contributed by atoms with Crippen LogP contribution in [0.25, 0.3) is 5.76 Å². The fourth-order valence-electron chi connectivity index (χ4n) is 7.56. The first-order chi connectivity index (χ1) is 17.5. The van der Waals surface area contributed by atoms with Crippen molar-refractivity contribution in [3.05, 3.63) is 45.2 Å². The molecule has 3 aliphatic carbocycles. The number of Topliss-reactive ketones (excluding diaryl/α,β-unsaturated/α-hetero) is 3. The number of aliphatic hydroxyl groups excluding tert-OH is 2. The molecule has 1 aromatic carbocycles. The molecule has 7 nitrogen and oxygen atoms in total. The van der Waals surface area contributed by atoms with E-state index in [1.54, 1.807) is 40.7 Å². The first-order valence-corrected chi connectivity index (χ1v) is 13.0. The first kappa shape index (κ1) is 27.7. The zero-order valence-corrected chi connectivity index (χ0v) is 23.2. The van der Waals surface area contributed by atoms with Gasteiger partial charge in [0.25, 0.3) is 0 Å². The third kappa shape index (κ3) is 3.29. The van der Waals surface area contributed by atoms with Gasteiger partial charge in [-0.3, -0.25) is 14.4 Å². The van der Waals surface area contributed by atoms with Gasteiger partial charge in [0, 0.05) is 22.3 Å². The van der Waals surface area contributed by atoms with Gasteiger partial charge in [0.15, 0.2) is 17.2 Å². The number of aliphatic hydroxyl groups is 3. The molecule has 0 saturated heterocycles. The molecule has 1 saturated carbocycles. The van der Waals surface area contributed by atoms with Crippen molar-refractivity contribution < 1.29 is 34.8 Å². The summed E-state index contributed by atoms with van der Waals surface area (Å²) in [6.45, 7) is 13.7. The summed E-state index contributed by atoms with van der Waals surface area (Å²) in [4.78, 5) is 40.4. The van der Waals surface area contributed by atoms with E-state index in [2.05, 4.69) is 11.8 Å². The van der Waals surface area contributed by atoms with Gasteiger partial charge in [0.05, 0.1) is 11.1 Å². The molecule has 0 bridgehead atoms. The van der Waals surface area contributed by atoms with Gasteiger partial charge in [-0.1, -0.05) is 47.5 Å². The van der Waals surface area contributed by atoms with E-state index in [-0.39, 0.29) is 41.6 Å². The highest BCUT2D eigenvalue weighted by molar-refractivity contribution is 6.24. The molecule has 4 atom stereocenters. The summed E-state index contributed by atoms with van der Waals surface area (Å²) < 4.78 is 0. The smallest absolute Gasteiger partial charge is 0.203 e. The average Bonchev–Trinajstić information content (AvgIpc) is 2.77. The minimum absolute atomic E-state index is 0.0105. The number of allylic oxidation sites excluding steroid dienone is 1. The summed E-state index contributed by atoms with van der Waals surface area (Å²) >= 11 is 0. The molecule has 202 valence electrons. The summed E-state index contributed by atoms with van der Waals surface area (Å²) in [6, 6.07) is 1.80. The van der Waals surface area contributed by atoms with Gasteiger partial charge >= 0.3 is 0 Å². The zero-order chi connectivity index (χ0) is 28.7. The van der Waals surface area contributed by atoms with Crippen LogP contribution in [0.2, 0.25) is 0 Å². The lowest BCUT2D eigenvalue weighted by atomic mass is 9.43. The number of carbonyl (C=O) groups excluding carboxylic acids is 3. The number of hydrogen-bond donors (Lipinski definition) is 4. The van der Waals surface area contributed by atoms with Crippen molar-refractivity contribution in [2.45, 2.75) is 79.8 Å². The van der Waals surface area contributed by atoms with Crippen LogP contribution in [0, 0.1) is 34.5 Å². The Hall–Kier alpha value is -3.37. The summed E-state index contributed by atoms with van der Waals surface area (Å²) in [7, 11) is 0. The Morgan fingerprint density at radius 2 is 1.71 bits per heavy atom. The third-order valence-electron chi connectivity index (χ3n) is 8.92. The van der Waals surface area contributed by atoms with Crippen molar-refractivity contribution in [2.75, 3.05) is 0 Å². The maximum atomic E-state index is 14.3. The van der Waals surface area contributed by atoms with Crippen LogP contribution in [-0.2, 0) is 20.8 Å². The Labute approximate surface area is 223 Å². The monoisotopic (exact) mass is 520 g/mol. The quantitative estimate of drug-likeness (QED) is 0.336. The van der Waals surface area contributed by atoms with Crippen LogP contribution in [0.1, 0.15) is 90.0 Å². The van der Waals surface area contributed by atoms with Crippen LogP contribution in [0.3, 0.4) is 0 Å². The maximum Gasteiger partial charge on any atom is 0.203 e. The lowest BCUT2D eigenvalue weighted by Crippen LogP contribution is -2.69. The Kier molecular flexibility index (Phi) is 6.24. The minimum atomic E-state index is -2.62. The van der Waals surface area contributed by atoms with Crippen molar-refractivity contribution in [1.29, 1.82) is 0 Å². The molecule has 1 unspecified atom stereocenters. The Morgan fingerprint density at radius 1 is 1.11 bits per heavy atom. The van der Waals surface area contributed by atoms with Crippen LogP contribution in [0.15, 0.2) is 23.0 Å². The molecule has 1 fully saturated rings. The predicted octanol–water partition coefficient (Wildman–Crippen LogP) is 4.68. The van der Waals surface area contributed by atoms with Crippen LogP contribution >= 0.6 is 0 Å². The highest BCUT2D eigenvalue weighted by Crippen LogP contribution is 2.65. The number of carbonyl (C=O) groups is 3. The van der Waals surface area contributed by atoms with E-state index in [0.717, 1.165) is 12.5 Å². The largest absolute Gasteiger partial charge is 0.508 e. The standard InChI is InChI=1S/C31H36O7/c1-9-10-17-11-18(14(2)3)19-12-29(7)13-30(8)22(15(4)5)25(34)20(16(6)32)27(36)31(30,38)28(37)23(29)26(35)21(19)24(17)33/h11,14-15,22,33,35-36,38H,12-13H2,1-8H3/t22?,29-,30-,31+/m1/s1. The van der Waals surface area contributed by atoms with E-state index in [4.69, 9.17) is 0 Å². The topological polar surface area (TPSA) is 132 Å². The molecule has 4 rings (SSSR count). The van der Waals surface area contributed by atoms with E-state index in [1.165, 1.54) is 0 Å². The number of phenolic OH excluding ortho intramolecular Hbond substituents is 1. The Balaban J connectivity index is 2.13. The van der Waals surface area contributed by atoms with Crippen molar-refractivity contribution >= 4 is 23.1 Å². The number of aromatic hydroxyl groups is 1. The number of hydrogen-bond acceptors (Lipinski definition) is 7. The lowest BCUT2D eigenvalue weighted by molar-refractivity contribution is -0.178. The normalized spacial score (nSPS) is 30.7. The maximum absolute atomic E-state index is 14.3. The first-order valence-electron chi connectivity index (χ1n) is 13.0. The zero-order valence-electron chi connectivity index (χ0n) is 23.2. The summed E-state index contributed by atoms with van der Waals surface area (Å²) in [6.07, 6.45) is 0.322. The molecule has 1 aromatic rings. The molecule has 0 aromatic heterocycles. The fourth-order valence-corrected chi connectivity index (χ4v) is 7.56. The van der Waals surface area contributed by atoms with Crippen molar-refractivity contribution in [2.24, 2.45) is 22.7 Å². The highest BCUT2D eigenvalue weighted by atomic mass is 16.3. The summed E-state index contributed by atoms with van der Waals surface area (Å²) in [5, 5.41) is 46.2. The van der Waals surface area contributed by atoms with Gasteiger partial charge in [-0.25, -0.2) is 0 Å². The second-order valence-corrected chi connectivity index (χ2v) is 12.2. The molecule has 0 heterocycles. The van der Waals surface area contributed by atoms with E-state index < -0.39 is 56.8 Å². The second-order valence-electron chi connectivity index (χ2n) is 12.2. The number of rotatable bonds is 3. The third-order valence-corrected chi connectivity index (χ3v) is 8.92. The number of ketones is 3. The molecular formula is C31H36O7. The van der Waals surface area contributed by atoms with Crippen LogP contribution in [0.5, 0.6) is 5.75 Å². The van der Waals surface area contributed by atoms with E-state index in [9.17, 15) is 34.8 Å². The Bertz CT molecular complexity index is 1430. The second kappa shape index (κ2) is 8.57. The molecule has 7 heteroatoms. The van der Waals surface area contributed by atoms with E-state index in [0.29, 0.717) is 11.1 Å². The molecule has 0 spiro atoms. The molecule has 0 amide bonds. The van der Waals surface area contributed by atoms with Gasteiger partial charge in [-0.15, -0.1) is 5.92 Å². The molecule has 38 heavy (non-hydrogen) atoms. The molecule has 0 aliphatic heterocycles. The predicted molar refractivity (Wildman–Crippen MR) is 142 cm³/mol. The number of phenols is 1.